The van der Waals surface area contributed by atoms with E-state index in [-0.39, 0.29) is 6.04 Å². The fraction of sp³-hybridized carbons (Fsp3) is 0.600. The number of sulfonamides is 1. The van der Waals surface area contributed by atoms with Crippen molar-refractivity contribution in [2.75, 3.05) is 0 Å². The Balaban J connectivity index is 2.28. The van der Waals surface area contributed by atoms with E-state index in [4.69, 9.17) is 0 Å². The third-order valence-electron chi connectivity index (χ3n) is 4.26. The quantitative estimate of drug-likeness (QED) is 0.888. The second-order valence-electron chi connectivity index (χ2n) is 5.86. The van der Waals surface area contributed by atoms with Crippen molar-refractivity contribution in [1.29, 1.82) is 0 Å². The molecule has 0 radical (unpaired) electrons. The first-order valence-electron chi connectivity index (χ1n) is 7.10. The van der Waals surface area contributed by atoms with Gasteiger partial charge in [0.05, 0.1) is 4.90 Å². The summed E-state index contributed by atoms with van der Waals surface area (Å²) in [5.41, 5.74) is 2.08. The lowest BCUT2D eigenvalue weighted by molar-refractivity contribution is 0.310. The summed E-state index contributed by atoms with van der Waals surface area (Å²) in [6.45, 7) is 6.04. The van der Waals surface area contributed by atoms with Crippen molar-refractivity contribution in [2.45, 2.75) is 57.4 Å². The standard InChI is InChI=1S/C15H22BrNO2S/c1-10-6-4-5-7-14(10)17-20(18,19)15-9-12(3)11(2)8-13(15)16/h8-10,14,17H,4-7H2,1-3H3/t10-,14-/m1/s1. The van der Waals surface area contributed by atoms with Crippen molar-refractivity contribution in [2.24, 2.45) is 5.92 Å². The van der Waals surface area contributed by atoms with Crippen molar-refractivity contribution in [3.8, 4) is 0 Å². The molecule has 0 unspecified atom stereocenters. The third kappa shape index (κ3) is 3.43. The van der Waals surface area contributed by atoms with Gasteiger partial charge >= 0.3 is 0 Å². The molecule has 1 aliphatic carbocycles. The Morgan fingerprint density at radius 2 is 1.75 bits per heavy atom. The van der Waals surface area contributed by atoms with E-state index >= 15 is 0 Å². The molecule has 0 amide bonds. The average Bonchev–Trinajstić information content (AvgIpc) is 2.36. The lowest BCUT2D eigenvalue weighted by atomic mass is 9.87. The van der Waals surface area contributed by atoms with E-state index in [1.165, 1.54) is 6.42 Å². The molecular formula is C15H22BrNO2S. The molecule has 0 saturated heterocycles. The lowest BCUT2D eigenvalue weighted by Gasteiger charge is -2.29. The molecule has 2 atom stereocenters. The summed E-state index contributed by atoms with van der Waals surface area (Å²) in [7, 11) is -3.46. The highest BCUT2D eigenvalue weighted by atomic mass is 79.9. The van der Waals surface area contributed by atoms with E-state index in [0.717, 1.165) is 30.4 Å². The minimum atomic E-state index is -3.46. The normalized spacial score (nSPS) is 23.8. The smallest absolute Gasteiger partial charge is 0.208 e. The molecule has 1 fully saturated rings. The molecule has 1 N–H and O–H groups in total. The maximum absolute atomic E-state index is 12.6. The van der Waals surface area contributed by atoms with Crippen LogP contribution in [-0.4, -0.2) is 14.5 Å². The molecule has 20 heavy (non-hydrogen) atoms. The summed E-state index contributed by atoms with van der Waals surface area (Å²) >= 11 is 3.38. The van der Waals surface area contributed by atoms with Gasteiger partial charge in [-0.2, -0.15) is 0 Å². The Morgan fingerprint density at radius 1 is 1.15 bits per heavy atom. The van der Waals surface area contributed by atoms with E-state index in [1.807, 2.05) is 19.9 Å². The number of benzene rings is 1. The molecule has 1 aromatic carbocycles. The molecule has 112 valence electrons. The first-order chi connectivity index (χ1) is 9.31. The first kappa shape index (κ1) is 16.0. The monoisotopic (exact) mass is 359 g/mol. The van der Waals surface area contributed by atoms with Crippen molar-refractivity contribution in [3.63, 3.8) is 0 Å². The number of nitrogens with one attached hydrogen (secondary N) is 1. The van der Waals surface area contributed by atoms with E-state index < -0.39 is 10.0 Å². The van der Waals surface area contributed by atoms with Crippen molar-refractivity contribution < 1.29 is 8.42 Å². The Labute approximate surface area is 130 Å². The van der Waals surface area contributed by atoms with Crippen LogP contribution in [0.3, 0.4) is 0 Å². The highest BCUT2D eigenvalue weighted by molar-refractivity contribution is 9.10. The van der Waals surface area contributed by atoms with Crippen LogP contribution in [0.4, 0.5) is 0 Å². The summed E-state index contributed by atoms with van der Waals surface area (Å²) in [5, 5.41) is 0. The van der Waals surface area contributed by atoms with Crippen LogP contribution in [0.1, 0.15) is 43.7 Å². The van der Waals surface area contributed by atoms with Crippen LogP contribution in [0.25, 0.3) is 0 Å². The minimum absolute atomic E-state index is 0.0576. The summed E-state index contributed by atoms with van der Waals surface area (Å²) < 4.78 is 28.7. The molecule has 3 nitrogen and oxygen atoms in total. The molecular weight excluding hydrogens is 338 g/mol. The van der Waals surface area contributed by atoms with Crippen molar-refractivity contribution in [1.82, 2.24) is 4.72 Å². The minimum Gasteiger partial charge on any atom is -0.208 e. The van der Waals surface area contributed by atoms with Crippen molar-refractivity contribution >= 4 is 26.0 Å². The zero-order valence-electron chi connectivity index (χ0n) is 12.2. The van der Waals surface area contributed by atoms with Gasteiger partial charge in [0, 0.05) is 10.5 Å². The van der Waals surface area contributed by atoms with Crippen LogP contribution in [0, 0.1) is 19.8 Å². The molecule has 2 rings (SSSR count). The third-order valence-corrected chi connectivity index (χ3v) is 6.70. The highest BCUT2D eigenvalue weighted by Gasteiger charge is 2.28. The van der Waals surface area contributed by atoms with Gasteiger partial charge in [-0.15, -0.1) is 0 Å². The number of hydrogen-bond donors (Lipinski definition) is 1. The SMILES string of the molecule is Cc1cc(Br)c(S(=O)(=O)N[C@@H]2CCCC[C@H]2C)cc1C. The zero-order valence-corrected chi connectivity index (χ0v) is 14.6. The Kier molecular flexibility index (Phi) is 4.92. The van der Waals surface area contributed by atoms with Gasteiger partial charge in [0.2, 0.25) is 10.0 Å². The van der Waals surface area contributed by atoms with Crippen LogP contribution in [0.5, 0.6) is 0 Å². The molecule has 0 bridgehead atoms. The molecule has 0 spiro atoms. The van der Waals surface area contributed by atoms with Gasteiger partial charge in [0.1, 0.15) is 0 Å². The second-order valence-corrected chi connectivity index (χ2v) is 8.39. The maximum Gasteiger partial charge on any atom is 0.241 e. The maximum atomic E-state index is 12.6. The van der Waals surface area contributed by atoms with Gasteiger partial charge in [-0.25, -0.2) is 13.1 Å². The number of hydrogen-bond acceptors (Lipinski definition) is 2. The first-order valence-corrected chi connectivity index (χ1v) is 9.38. The summed E-state index contributed by atoms with van der Waals surface area (Å²) in [6, 6.07) is 3.67. The van der Waals surface area contributed by atoms with Gasteiger partial charge in [0.15, 0.2) is 0 Å². The molecule has 0 aromatic heterocycles. The van der Waals surface area contributed by atoms with Crippen molar-refractivity contribution in [3.05, 3.63) is 27.7 Å². The van der Waals surface area contributed by atoms with Gasteiger partial charge in [0.25, 0.3) is 0 Å². The van der Waals surface area contributed by atoms with Crippen LogP contribution >= 0.6 is 15.9 Å². The Hall–Kier alpha value is -0.390. The van der Waals surface area contributed by atoms with Crippen LogP contribution in [0.2, 0.25) is 0 Å². The fourth-order valence-corrected chi connectivity index (χ4v) is 5.33. The summed E-state index contributed by atoms with van der Waals surface area (Å²) in [5.74, 6) is 0.406. The number of aryl methyl sites for hydroxylation is 2. The largest absolute Gasteiger partial charge is 0.241 e. The highest BCUT2D eigenvalue weighted by Crippen LogP contribution is 2.29. The Bertz CT molecular complexity index is 598. The number of halogens is 1. The molecule has 5 heteroatoms. The number of rotatable bonds is 3. The Morgan fingerprint density at radius 3 is 2.40 bits per heavy atom. The molecule has 1 aromatic rings. The predicted molar refractivity (Wildman–Crippen MR) is 85.4 cm³/mol. The van der Waals surface area contributed by atoms with E-state index in [9.17, 15) is 8.42 Å². The van der Waals surface area contributed by atoms with Gasteiger partial charge in [-0.05, 0) is 71.8 Å². The van der Waals surface area contributed by atoms with Crippen LogP contribution in [-0.2, 0) is 10.0 Å². The fourth-order valence-electron chi connectivity index (χ4n) is 2.71. The molecule has 0 heterocycles. The van der Waals surface area contributed by atoms with E-state index in [1.54, 1.807) is 6.07 Å². The molecule has 1 saturated carbocycles. The molecule has 1 aliphatic rings. The average molecular weight is 360 g/mol. The topological polar surface area (TPSA) is 46.2 Å². The van der Waals surface area contributed by atoms with Gasteiger partial charge < -0.3 is 0 Å². The van der Waals surface area contributed by atoms with Crippen LogP contribution < -0.4 is 4.72 Å². The predicted octanol–water partition coefficient (Wildman–Crippen LogP) is 3.92. The summed E-state index contributed by atoms with van der Waals surface area (Å²) in [6.07, 6.45) is 4.34. The second kappa shape index (κ2) is 6.16. The van der Waals surface area contributed by atoms with Gasteiger partial charge in [-0.1, -0.05) is 19.8 Å². The van der Waals surface area contributed by atoms with Gasteiger partial charge in [-0.3, -0.25) is 0 Å². The zero-order chi connectivity index (χ0) is 14.9. The van der Waals surface area contributed by atoms with E-state index in [2.05, 4.69) is 27.6 Å². The summed E-state index contributed by atoms with van der Waals surface area (Å²) in [4.78, 5) is 0.346. The molecule has 0 aliphatic heterocycles. The van der Waals surface area contributed by atoms with E-state index in [0.29, 0.717) is 15.3 Å². The lowest BCUT2D eigenvalue weighted by Crippen LogP contribution is -2.41. The van der Waals surface area contributed by atoms with Crippen LogP contribution in [0.15, 0.2) is 21.5 Å².